The van der Waals surface area contributed by atoms with Crippen molar-refractivity contribution in [3.8, 4) is 5.75 Å². The van der Waals surface area contributed by atoms with Gasteiger partial charge in [-0.15, -0.1) is 0 Å². The molecule has 130 valence electrons. The lowest BCUT2D eigenvalue weighted by Crippen LogP contribution is -2.35. The van der Waals surface area contributed by atoms with Crippen LogP contribution in [0.1, 0.15) is 25.3 Å². The highest BCUT2D eigenvalue weighted by Gasteiger charge is 2.31. The molecular formula is C15H21F3N2O3. The molecule has 0 aliphatic rings. The van der Waals surface area contributed by atoms with Crippen LogP contribution >= 0.6 is 0 Å². The van der Waals surface area contributed by atoms with Crippen LogP contribution in [0.4, 0.5) is 18.9 Å². The van der Waals surface area contributed by atoms with Gasteiger partial charge in [0.15, 0.2) is 0 Å². The normalized spacial score (nSPS) is 12.8. The molecular weight excluding hydrogens is 313 g/mol. The first kappa shape index (κ1) is 19.2. The van der Waals surface area contributed by atoms with E-state index in [1.807, 2.05) is 6.92 Å². The molecule has 3 N–H and O–H groups in total. The number of alkyl halides is 3. The maximum absolute atomic E-state index is 12.8. The van der Waals surface area contributed by atoms with Crippen molar-refractivity contribution in [1.82, 2.24) is 0 Å². The van der Waals surface area contributed by atoms with Gasteiger partial charge in [0.25, 0.3) is 0 Å². The minimum atomic E-state index is -4.52. The number of halogens is 3. The monoisotopic (exact) mass is 334 g/mol. The van der Waals surface area contributed by atoms with Crippen molar-refractivity contribution in [2.75, 3.05) is 25.6 Å². The first-order valence-corrected chi connectivity index (χ1v) is 7.19. The summed E-state index contributed by atoms with van der Waals surface area (Å²) in [5.74, 6) is -0.421. The molecule has 1 aromatic carbocycles. The van der Waals surface area contributed by atoms with Crippen LogP contribution in [-0.2, 0) is 15.7 Å². The predicted molar refractivity (Wildman–Crippen MR) is 80.3 cm³/mol. The predicted octanol–water partition coefficient (Wildman–Crippen LogP) is 2.80. The molecule has 1 amide bonds. The molecule has 0 aliphatic carbocycles. The van der Waals surface area contributed by atoms with Gasteiger partial charge >= 0.3 is 6.18 Å². The lowest BCUT2D eigenvalue weighted by molar-refractivity contribution is -0.137. The highest BCUT2D eigenvalue weighted by atomic mass is 19.4. The molecule has 1 aromatic rings. The van der Waals surface area contributed by atoms with Gasteiger partial charge in [0.1, 0.15) is 12.4 Å². The van der Waals surface area contributed by atoms with Crippen LogP contribution in [0.2, 0.25) is 0 Å². The molecule has 0 heterocycles. The Kier molecular flexibility index (Phi) is 7.31. The second-order valence-electron chi connectivity index (χ2n) is 4.93. The SMILES string of the molecule is CCCC(N)C(=O)Nc1cc(C(F)(F)F)ccc1OCCOC. The number of rotatable bonds is 8. The van der Waals surface area contributed by atoms with Gasteiger partial charge in [0.2, 0.25) is 5.91 Å². The number of carbonyl (C=O) groups excluding carboxylic acids is 1. The van der Waals surface area contributed by atoms with E-state index in [9.17, 15) is 18.0 Å². The van der Waals surface area contributed by atoms with Crippen LogP contribution in [0.3, 0.4) is 0 Å². The molecule has 23 heavy (non-hydrogen) atoms. The van der Waals surface area contributed by atoms with Crippen molar-refractivity contribution in [3.05, 3.63) is 23.8 Å². The van der Waals surface area contributed by atoms with E-state index in [2.05, 4.69) is 5.32 Å². The van der Waals surface area contributed by atoms with E-state index < -0.39 is 23.7 Å². The number of nitrogens with one attached hydrogen (secondary N) is 1. The molecule has 0 aliphatic heterocycles. The summed E-state index contributed by atoms with van der Waals surface area (Å²) in [6.45, 7) is 2.27. The number of benzene rings is 1. The molecule has 0 saturated heterocycles. The van der Waals surface area contributed by atoms with Crippen molar-refractivity contribution in [2.24, 2.45) is 5.73 Å². The van der Waals surface area contributed by atoms with Gasteiger partial charge in [0, 0.05) is 7.11 Å². The number of carbonyl (C=O) groups is 1. The molecule has 1 unspecified atom stereocenters. The van der Waals surface area contributed by atoms with Crippen molar-refractivity contribution in [1.29, 1.82) is 0 Å². The quantitative estimate of drug-likeness (QED) is 0.717. The Bertz CT molecular complexity index is 521. The average molecular weight is 334 g/mol. The Hall–Kier alpha value is -1.80. The lowest BCUT2D eigenvalue weighted by atomic mass is 10.1. The average Bonchev–Trinajstić information content (AvgIpc) is 2.48. The number of hydrogen-bond donors (Lipinski definition) is 2. The summed E-state index contributed by atoms with van der Waals surface area (Å²) in [5, 5.41) is 2.40. The third-order valence-corrected chi connectivity index (χ3v) is 3.05. The van der Waals surface area contributed by atoms with E-state index >= 15 is 0 Å². The minimum absolute atomic E-state index is 0.0625. The Balaban J connectivity index is 3.00. The molecule has 0 bridgehead atoms. The molecule has 0 aromatic heterocycles. The number of ether oxygens (including phenoxy) is 2. The lowest BCUT2D eigenvalue weighted by Gasteiger charge is -2.17. The van der Waals surface area contributed by atoms with Crippen LogP contribution in [-0.4, -0.2) is 32.3 Å². The van der Waals surface area contributed by atoms with Gasteiger partial charge in [-0.3, -0.25) is 4.79 Å². The summed E-state index contributed by atoms with van der Waals surface area (Å²) in [6.07, 6.45) is -3.39. The molecule has 0 spiro atoms. The third-order valence-electron chi connectivity index (χ3n) is 3.05. The second kappa shape index (κ2) is 8.73. The fraction of sp³-hybridized carbons (Fsp3) is 0.533. The number of methoxy groups -OCH3 is 1. The van der Waals surface area contributed by atoms with E-state index in [0.29, 0.717) is 12.8 Å². The standard InChI is InChI=1S/C15H21F3N2O3/c1-3-4-11(19)14(21)20-12-9-10(15(16,17)18)5-6-13(12)23-8-7-22-2/h5-6,9,11H,3-4,7-8,19H2,1-2H3,(H,20,21). The maximum Gasteiger partial charge on any atom is 0.416 e. The number of nitrogens with two attached hydrogens (primary N) is 1. The van der Waals surface area contributed by atoms with Crippen LogP contribution in [0.25, 0.3) is 0 Å². The summed E-state index contributed by atoms with van der Waals surface area (Å²) < 4.78 is 48.6. The molecule has 0 fully saturated rings. The topological polar surface area (TPSA) is 73.6 Å². The molecule has 1 rings (SSSR count). The highest BCUT2D eigenvalue weighted by molar-refractivity contribution is 5.96. The Labute approximate surface area is 132 Å². The first-order valence-electron chi connectivity index (χ1n) is 7.19. The Morgan fingerprint density at radius 3 is 2.61 bits per heavy atom. The van der Waals surface area contributed by atoms with Gasteiger partial charge in [-0.2, -0.15) is 13.2 Å². The van der Waals surface area contributed by atoms with E-state index in [1.165, 1.54) is 13.2 Å². The fourth-order valence-corrected chi connectivity index (χ4v) is 1.83. The molecule has 0 radical (unpaired) electrons. The summed E-state index contributed by atoms with van der Waals surface area (Å²) in [5.41, 5.74) is 4.73. The van der Waals surface area contributed by atoms with Crippen molar-refractivity contribution in [3.63, 3.8) is 0 Å². The van der Waals surface area contributed by atoms with E-state index in [-0.39, 0.29) is 24.7 Å². The Morgan fingerprint density at radius 1 is 1.35 bits per heavy atom. The third kappa shape index (κ3) is 6.07. The maximum atomic E-state index is 12.8. The van der Waals surface area contributed by atoms with Gasteiger partial charge in [-0.05, 0) is 24.6 Å². The first-order chi connectivity index (χ1) is 10.8. The van der Waals surface area contributed by atoms with Gasteiger partial charge < -0.3 is 20.5 Å². The van der Waals surface area contributed by atoms with Crippen molar-refractivity contribution in [2.45, 2.75) is 32.0 Å². The second-order valence-corrected chi connectivity index (χ2v) is 4.93. The molecule has 8 heteroatoms. The number of hydrogen-bond acceptors (Lipinski definition) is 4. The van der Waals surface area contributed by atoms with Gasteiger partial charge in [-0.25, -0.2) is 0 Å². The van der Waals surface area contributed by atoms with Gasteiger partial charge in [0.05, 0.1) is 23.9 Å². The van der Waals surface area contributed by atoms with Crippen LogP contribution < -0.4 is 15.8 Å². The zero-order valence-corrected chi connectivity index (χ0v) is 13.1. The van der Waals surface area contributed by atoms with Crippen molar-refractivity contribution >= 4 is 11.6 Å². The fourth-order valence-electron chi connectivity index (χ4n) is 1.83. The molecule has 0 saturated carbocycles. The largest absolute Gasteiger partial charge is 0.489 e. The van der Waals surface area contributed by atoms with Crippen LogP contribution in [0, 0.1) is 0 Å². The zero-order valence-electron chi connectivity index (χ0n) is 13.1. The van der Waals surface area contributed by atoms with Gasteiger partial charge in [-0.1, -0.05) is 13.3 Å². The smallest absolute Gasteiger partial charge is 0.416 e. The molecule has 5 nitrogen and oxygen atoms in total. The summed E-state index contributed by atoms with van der Waals surface area (Å²) in [4.78, 5) is 11.9. The van der Waals surface area contributed by atoms with Crippen LogP contribution in [0.15, 0.2) is 18.2 Å². The van der Waals surface area contributed by atoms with E-state index in [1.54, 1.807) is 0 Å². The number of anilines is 1. The number of amides is 1. The van der Waals surface area contributed by atoms with Crippen molar-refractivity contribution < 1.29 is 27.4 Å². The summed E-state index contributed by atoms with van der Waals surface area (Å²) in [7, 11) is 1.47. The summed E-state index contributed by atoms with van der Waals surface area (Å²) >= 11 is 0. The van der Waals surface area contributed by atoms with E-state index in [4.69, 9.17) is 15.2 Å². The molecule has 1 atom stereocenters. The zero-order chi connectivity index (χ0) is 17.5. The highest BCUT2D eigenvalue weighted by Crippen LogP contribution is 2.35. The van der Waals surface area contributed by atoms with E-state index in [0.717, 1.165) is 12.1 Å². The Morgan fingerprint density at radius 2 is 2.04 bits per heavy atom. The summed E-state index contributed by atoms with van der Waals surface area (Å²) in [6, 6.07) is 2.10. The van der Waals surface area contributed by atoms with Crippen LogP contribution in [0.5, 0.6) is 5.75 Å². The minimum Gasteiger partial charge on any atom is -0.489 e.